The molecule has 0 fully saturated rings. The molecule has 1 heterocycles. The molecule has 0 atom stereocenters. The smallest absolute Gasteiger partial charge is 0.121 e. The Morgan fingerprint density at radius 1 is 1.60 bits per heavy atom. The molecule has 0 saturated heterocycles. The van der Waals surface area contributed by atoms with E-state index in [2.05, 4.69) is 9.97 Å². The van der Waals surface area contributed by atoms with E-state index in [1.54, 1.807) is 12.3 Å². The van der Waals surface area contributed by atoms with Crippen molar-refractivity contribution < 1.29 is 4.74 Å². The van der Waals surface area contributed by atoms with Crippen LogP contribution in [0.5, 0.6) is 0 Å². The van der Waals surface area contributed by atoms with Crippen molar-refractivity contribution in [3.05, 3.63) is 24.3 Å². The Bertz CT molecular complexity index is 180. The summed E-state index contributed by atoms with van der Waals surface area (Å²) in [7, 11) is 0. The van der Waals surface area contributed by atoms with Gasteiger partial charge in [0.05, 0.1) is 12.3 Å². The molecule has 0 amide bonds. The molecule has 1 aromatic heterocycles. The van der Waals surface area contributed by atoms with Crippen LogP contribution in [-0.2, 0) is 11.3 Å². The summed E-state index contributed by atoms with van der Waals surface area (Å²) in [6.07, 6.45) is 3.15. The van der Waals surface area contributed by atoms with Crippen molar-refractivity contribution in [3.63, 3.8) is 0 Å². The lowest BCUT2D eigenvalue weighted by Crippen LogP contribution is -1.93. The molecule has 0 N–H and O–H groups in total. The predicted octanol–water partition coefficient (Wildman–Crippen LogP) is 1.19. The summed E-state index contributed by atoms with van der Waals surface area (Å²) >= 11 is 5.29. The third-order valence-electron chi connectivity index (χ3n) is 0.970. The van der Waals surface area contributed by atoms with Gasteiger partial charge in [-0.3, -0.25) is 0 Å². The Hall–Kier alpha value is -0.670. The molecule has 0 aliphatic heterocycles. The van der Waals surface area contributed by atoms with Gasteiger partial charge >= 0.3 is 0 Å². The minimum absolute atomic E-state index is 0.198. The second-order valence-electron chi connectivity index (χ2n) is 1.66. The lowest BCUT2D eigenvalue weighted by molar-refractivity contribution is 0.162. The summed E-state index contributed by atoms with van der Waals surface area (Å²) in [5, 5.41) is 0. The molecule has 0 saturated carbocycles. The van der Waals surface area contributed by atoms with Crippen LogP contribution in [0, 0.1) is 0 Å². The van der Waals surface area contributed by atoms with Crippen LogP contribution in [0.1, 0.15) is 5.69 Å². The first-order chi connectivity index (χ1) is 4.93. The van der Waals surface area contributed by atoms with E-state index < -0.39 is 0 Å². The summed E-state index contributed by atoms with van der Waals surface area (Å²) in [5.41, 5.74) is 0.843. The van der Waals surface area contributed by atoms with Gasteiger partial charge in [0, 0.05) is 6.20 Å². The summed E-state index contributed by atoms with van der Waals surface area (Å²) in [5.74, 6) is 0. The lowest BCUT2D eigenvalue weighted by atomic mass is 10.4. The molecule has 0 aliphatic rings. The largest absolute Gasteiger partial charge is 0.359 e. The fraction of sp³-hybridized carbons (Fsp3) is 0.333. The molecule has 0 unspecified atom stereocenters. The molecular formula is C6H7ClN2O. The van der Waals surface area contributed by atoms with Crippen LogP contribution in [0.2, 0.25) is 0 Å². The topological polar surface area (TPSA) is 35.0 Å². The van der Waals surface area contributed by atoms with E-state index in [1.165, 1.54) is 6.33 Å². The highest BCUT2D eigenvalue weighted by Crippen LogP contribution is 1.94. The van der Waals surface area contributed by atoms with Crippen LogP contribution in [0.4, 0.5) is 0 Å². The van der Waals surface area contributed by atoms with Gasteiger partial charge in [-0.15, -0.1) is 0 Å². The maximum absolute atomic E-state index is 5.29. The second kappa shape index (κ2) is 4.19. The maximum Gasteiger partial charge on any atom is 0.121 e. The molecule has 1 aromatic rings. The highest BCUT2D eigenvalue weighted by Gasteiger charge is 1.89. The fourth-order valence-corrected chi connectivity index (χ4v) is 0.624. The van der Waals surface area contributed by atoms with Gasteiger partial charge in [0.25, 0.3) is 0 Å². The molecular weight excluding hydrogens is 152 g/mol. The maximum atomic E-state index is 5.29. The molecule has 1 rings (SSSR count). The molecule has 10 heavy (non-hydrogen) atoms. The minimum Gasteiger partial charge on any atom is -0.359 e. The van der Waals surface area contributed by atoms with Gasteiger partial charge in [-0.1, -0.05) is 11.6 Å². The number of alkyl halides is 1. The van der Waals surface area contributed by atoms with Gasteiger partial charge < -0.3 is 4.74 Å². The molecule has 0 bridgehead atoms. The molecule has 3 nitrogen and oxygen atoms in total. The van der Waals surface area contributed by atoms with Crippen molar-refractivity contribution >= 4 is 11.6 Å². The van der Waals surface area contributed by atoms with E-state index >= 15 is 0 Å². The molecule has 0 aliphatic carbocycles. The highest BCUT2D eigenvalue weighted by molar-refractivity contribution is 6.17. The van der Waals surface area contributed by atoms with Crippen molar-refractivity contribution in [1.82, 2.24) is 9.97 Å². The number of rotatable bonds is 3. The fourth-order valence-electron chi connectivity index (χ4n) is 0.547. The minimum atomic E-state index is 0.198. The Morgan fingerprint density at radius 3 is 3.10 bits per heavy atom. The van der Waals surface area contributed by atoms with E-state index in [9.17, 15) is 0 Å². The quantitative estimate of drug-likeness (QED) is 0.620. The Labute approximate surface area is 64.0 Å². The molecule has 0 radical (unpaired) electrons. The highest BCUT2D eigenvalue weighted by atomic mass is 35.5. The number of ether oxygens (including phenoxy) is 1. The molecule has 54 valence electrons. The van der Waals surface area contributed by atoms with Gasteiger partial charge in [-0.25, -0.2) is 9.97 Å². The van der Waals surface area contributed by atoms with E-state index in [4.69, 9.17) is 16.3 Å². The van der Waals surface area contributed by atoms with Crippen LogP contribution in [0.25, 0.3) is 0 Å². The van der Waals surface area contributed by atoms with Crippen molar-refractivity contribution in [3.8, 4) is 0 Å². The van der Waals surface area contributed by atoms with Crippen molar-refractivity contribution in [1.29, 1.82) is 0 Å². The lowest BCUT2D eigenvalue weighted by Gasteiger charge is -1.96. The molecule has 4 heteroatoms. The van der Waals surface area contributed by atoms with Gasteiger partial charge in [-0.2, -0.15) is 0 Å². The summed E-state index contributed by atoms with van der Waals surface area (Å²) in [4.78, 5) is 7.68. The Kier molecular flexibility index (Phi) is 3.12. The van der Waals surface area contributed by atoms with Gasteiger partial charge in [0.15, 0.2) is 0 Å². The van der Waals surface area contributed by atoms with Gasteiger partial charge in [-0.05, 0) is 6.07 Å². The summed E-state index contributed by atoms with van der Waals surface area (Å²) in [6, 6.07) is 1.98. The first-order valence-electron chi connectivity index (χ1n) is 2.82. The molecule has 0 aromatic carbocycles. The van der Waals surface area contributed by atoms with Crippen LogP contribution in [0.15, 0.2) is 18.6 Å². The third kappa shape index (κ3) is 2.29. The first-order valence-corrected chi connectivity index (χ1v) is 3.35. The van der Waals surface area contributed by atoms with Crippen LogP contribution in [-0.4, -0.2) is 16.0 Å². The average molecular weight is 159 g/mol. The zero-order chi connectivity index (χ0) is 7.23. The predicted molar refractivity (Wildman–Crippen MR) is 37.5 cm³/mol. The Morgan fingerprint density at radius 2 is 2.50 bits per heavy atom. The van der Waals surface area contributed by atoms with Crippen molar-refractivity contribution in [2.45, 2.75) is 6.61 Å². The number of hydrogen-bond donors (Lipinski definition) is 0. The van der Waals surface area contributed by atoms with Gasteiger partial charge in [0.1, 0.15) is 12.4 Å². The van der Waals surface area contributed by atoms with Gasteiger partial charge in [0.2, 0.25) is 0 Å². The molecule has 0 spiro atoms. The van der Waals surface area contributed by atoms with Crippen LogP contribution in [0.3, 0.4) is 0 Å². The normalized spacial score (nSPS) is 9.70. The zero-order valence-electron chi connectivity index (χ0n) is 5.33. The number of hydrogen-bond acceptors (Lipinski definition) is 3. The standard InChI is InChI=1S/C6H7ClN2O/c7-4-10-3-6-1-2-8-5-9-6/h1-2,5H,3-4H2. The number of nitrogens with zero attached hydrogens (tertiary/aromatic N) is 2. The average Bonchev–Trinajstić information content (AvgIpc) is 2.03. The summed E-state index contributed by atoms with van der Waals surface area (Å²) < 4.78 is 4.89. The zero-order valence-corrected chi connectivity index (χ0v) is 6.08. The number of halogens is 1. The van der Waals surface area contributed by atoms with E-state index in [0.29, 0.717) is 6.61 Å². The van der Waals surface area contributed by atoms with E-state index in [1.807, 2.05) is 0 Å². The monoisotopic (exact) mass is 158 g/mol. The van der Waals surface area contributed by atoms with E-state index in [-0.39, 0.29) is 6.07 Å². The van der Waals surface area contributed by atoms with Crippen molar-refractivity contribution in [2.24, 2.45) is 0 Å². The third-order valence-corrected chi connectivity index (χ3v) is 1.12. The van der Waals surface area contributed by atoms with Crippen LogP contribution >= 0.6 is 11.6 Å². The first kappa shape index (κ1) is 7.44. The Balaban J connectivity index is 2.43. The van der Waals surface area contributed by atoms with Crippen molar-refractivity contribution in [2.75, 3.05) is 6.07 Å². The SMILES string of the molecule is ClCOCc1ccncn1. The number of aromatic nitrogens is 2. The summed E-state index contributed by atoms with van der Waals surface area (Å²) in [6.45, 7) is 0.450. The van der Waals surface area contributed by atoms with Crippen LogP contribution < -0.4 is 0 Å². The van der Waals surface area contributed by atoms with E-state index in [0.717, 1.165) is 5.69 Å². The second-order valence-corrected chi connectivity index (χ2v) is 1.88.